The standard InChI is InChI=1S/C12H13N5O2S/c18-11(15-8-1-2-8)5-17-4-9(3-14-17)16-12(19)10-6-20-7-13-10/h3-4,6-8H,1-2,5H2,(H,15,18)(H,16,19). The second-order valence-corrected chi connectivity index (χ2v) is 5.31. The van der Waals surface area contributed by atoms with Crippen molar-refractivity contribution in [1.82, 2.24) is 20.1 Å². The van der Waals surface area contributed by atoms with Crippen LogP contribution in [0.15, 0.2) is 23.3 Å². The summed E-state index contributed by atoms with van der Waals surface area (Å²) in [5, 5.41) is 11.3. The summed E-state index contributed by atoms with van der Waals surface area (Å²) in [7, 11) is 0. The lowest BCUT2D eigenvalue weighted by Gasteiger charge is -2.02. The maximum absolute atomic E-state index is 11.8. The molecule has 7 nitrogen and oxygen atoms in total. The largest absolute Gasteiger partial charge is 0.352 e. The Kier molecular flexibility index (Phi) is 3.46. The molecule has 2 heterocycles. The van der Waals surface area contributed by atoms with E-state index in [0.717, 1.165) is 12.8 Å². The first-order valence-electron chi connectivity index (χ1n) is 6.22. The van der Waals surface area contributed by atoms with Gasteiger partial charge in [0.1, 0.15) is 12.2 Å². The molecule has 1 aliphatic carbocycles. The number of aromatic nitrogens is 3. The number of hydrogen-bond donors (Lipinski definition) is 2. The van der Waals surface area contributed by atoms with Crippen LogP contribution in [0.4, 0.5) is 5.69 Å². The zero-order valence-corrected chi connectivity index (χ0v) is 11.4. The number of rotatable bonds is 5. The maximum atomic E-state index is 11.8. The number of anilines is 1. The van der Waals surface area contributed by atoms with Gasteiger partial charge in [0.2, 0.25) is 5.91 Å². The Bertz CT molecular complexity index is 618. The van der Waals surface area contributed by atoms with Gasteiger partial charge >= 0.3 is 0 Å². The maximum Gasteiger partial charge on any atom is 0.275 e. The molecule has 0 bridgehead atoms. The van der Waals surface area contributed by atoms with Crippen molar-refractivity contribution in [2.24, 2.45) is 0 Å². The fourth-order valence-corrected chi connectivity index (χ4v) is 2.21. The van der Waals surface area contributed by atoms with Gasteiger partial charge in [-0.3, -0.25) is 14.3 Å². The minimum atomic E-state index is -0.284. The molecule has 104 valence electrons. The van der Waals surface area contributed by atoms with E-state index in [1.165, 1.54) is 22.2 Å². The first-order chi connectivity index (χ1) is 9.70. The van der Waals surface area contributed by atoms with E-state index in [4.69, 9.17) is 0 Å². The van der Waals surface area contributed by atoms with Gasteiger partial charge < -0.3 is 10.6 Å². The molecular weight excluding hydrogens is 278 g/mol. The van der Waals surface area contributed by atoms with E-state index in [2.05, 4.69) is 20.7 Å². The van der Waals surface area contributed by atoms with Gasteiger partial charge in [0, 0.05) is 17.6 Å². The highest BCUT2D eigenvalue weighted by molar-refractivity contribution is 7.07. The smallest absolute Gasteiger partial charge is 0.275 e. The monoisotopic (exact) mass is 291 g/mol. The number of thiazole rings is 1. The molecular formula is C12H13N5O2S. The fraction of sp³-hybridized carbons (Fsp3) is 0.333. The molecule has 0 aliphatic heterocycles. The Hall–Kier alpha value is -2.22. The highest BCUT2D eigenvalue weighted by Crippen LogP contribution is 2.18. The Morgan fingerprint density at radius 3 is 3.00 bits per heavy atom. The summed E-state index contributed by atoms with van der Waals surface area (Å²) in [5.41, 5.74) is 2.51. The van der Waals surface area contributed by atoms with Crippen LogP contribution in [-0.4, -0.2) is 32.6 Å². The molecule has 0 saturated heterocycles. The second kappa shape index (κ2) is 5.41. The topological polar surface area (TPSA) is 88.9 Å². The van der Waals surface area contributed by atoms with Gasteiger partial charge in [0.05, 0.1) is 17.4 Å². The first kappa shape index (κ1) is 12.8. The molecule has 20 heavy (non-hydrogen) atoms. The van der Waals surface area contributed by atoms with Crippen LogP contribution in [0.2, 0.25) is 0 Å². The van der Waals surface area contributed by atoms with Crippen LogP contribution < -0.4 is 10.6 Å². The van der Waals surface area contributed by atoms with Gasteiger partial charge in [-0.1, -0.05) is 0 Å². The second-order valence-electron chi connectivity index (χ2n) is 4.60. The van der Waals surface area contributed by atoms with Crippen molar-refractivity contribution in [3.8, 4) is 0 Å². The van der Waals surface area contributed by atoms with Crippen molar-refractivity contribution in [3.05, 3.63) is 29.0 Å². The van der Waals surface area contributed by atoms with Crippen molar-refractivity contribution >= 4 is 28.8 Å². The number of amides is 2. The molecule has 1 fully saturated rings. The van der Waals surface area contributed by atoms with E-state index in [1.807, 2.05) is 0 Å². The number of nitrogens with one attached hydrogen (secondary N) is 2. The number of hydrogen-bond acceptors (Lipinski definition) is 5. The first-order valence-corrected chi connectivity index (χ1v) is 7.16. The summed E-state index contributed by atoms with van der Waals surface area (Å²) in [6.07, 6.45) is 5.24. The third-order valence-corrected chi connectivity index (χ3v) is 3.39. The highest BCUT2D eigenvalue weighted by Gasteiger charge is 2.23. The lowest BCUT2D eigenvalue weighted by Crippen LogP contribution is -2.29. The van der Waals surface area contributed by atoms with Gasteiger partial charge in [-0.2, -0.15) is 5.10 Å². The Morgan fingerprint density at radius 2 is 2.30 bits per heavy atom. The van der Waals surface area contributed by atoms with Crippen LogP contribution in [0.3, 0.4) is 0 Å². The molecule has 0 radical (unpaired) electrons. The molecule has 1 saturated carbocycles. The van der Waals surface area contributed by atoms with Crippen LogP contribution in [0.5, 0.6) is 0 Å². The van der Waals surface area contributed by atoms with Crippen LogP contribution in [0.25, 0.3) is 0 Å². The van der Waals surface area contributed by atoms with E-state index in [0.29, 0.717) is 17.4 Å². The van der Waals surface area contributed by atoms with Crippen molar-refractivity contribution in [2.75, 3.05) is 5.32 Å². The lowest BCUT2D eigenvalue weighted by atomic mass is 10.4. The molecule has 0 spiro atoms. The number of carbonyl (C=O) groups excluding carboxylic acids is 2. The van der Waals surface area contributed by atoms with Gasteiger partial charge in [0.25, 0.3) is 5.91 Å². The van der Waals surface area contributed by atoms with Gasteiger partial charge in [-0.15, -0.1) is 11.3 Å². The highest BCUT2D eigenvalue weighted by atomic mass is 32.1. The van der Waals surface area contributed by atoms with Crippen LogP contribution in [0, 0.1) is 0 Å². The molecule has 3 rings (SSSR count). The minimum absolute atomic E-state index is 0.0621. The van der Waals surface area contributed by atoms with Gasteiger partial charge in [-0.25, -0.2) is 4.98 Å². The van der Waals surface area contributed by atoms with Crippen LogP contribution in [0.1, 0.15) is 23.3 Å². The quantitative estimate of drug-likeness (QED) is 0.855. The van der Waals surface area contributed by atoms with Crippen molar-refractivity contribution < 1.29 is 9.59 Å². The van der Waals surface area contributed by atoms with E-state index in [1.54, 1.807) is 17.1 Å². The predicted octanol–water partition coefficient (Wildman–Crippen LogP) is 0.870. The van der Waals surface area contributed by atoms with Crippen molar-refractivity contribution in [2.45, 2.75) is 25.4 Å². The molecule has 0 atom stereocenters. The molecule has 2 aromatic rings. The third kappa shape index (κ3) is 3.21. The van der Waals surface area contributed by atoms with Gasteiger partial charge in [0.15, 0.2) is 0 Å². The average Bonchev–Trinajstić information content (AvgIpc) is 2.93. The SMILES string of the molecule is O=C(Cn1cc(NC(=O)c2cscn2)cn1)NC1CC1. The van der Waals surface area contributed by atoms with Crippen molar-refractivity contribution in [1.29, 1.82) is 0 Å². The normalized spacial score (nSPS) is 14.0. The van der Waals surface area contributed by atoms with Crippen LogP contribution >= 0.6 is 11.3 Å². The Morgan fingerprint density at radius 1 is 1.45 bits per heavy atom. The molecule has 2 aromatic heterocycles. The Labute approximate surface area is 119 Å². The zero-order chi connectivity index (χ0) is 13.9. The molecule has 0 unspecified atom stereocenters. The molecule has 1 aliphatic rings. The van der Waals surface area contributed by atoms with Crippen LogP contribution in [-0.2, 0) is 11.3 Å². The third-order valence-electron chi connectivity index (χ3n) is 2.80. The summed E-state index contributed by atoms with van der Waals surface area (Å²) in [5.74, 6) is -0.346. The molecule has 8 heteroatoms. The summed E-state index contributed by atoms with van der Waals surface area (Å²) in [6, 6.07) is 0.335. The Balaban J connectivity index is 1.56. The molecule has 2 amide bonds. The van der Waals surface area contributed by atoms with E-state index in [-0.39, 0.29) is 18.4 Å². The summed E-state index contributed by atoms with van der Waals surface area (Å²) in [6.45, 7) is 0.156. The van der Waals surface area contributed by atoms with E-state index in [9.17, 15) is 9.59 Å². The average molecular weight is 291 g/mol. The van der Waals surface area contributed by atoms with Crippen molar-refractivity contribution in [3.63, 3.8) is 0 Å². The summed E-state index contributed by atoms with van der Waals surface area (Å²) >= 11 is 1.36. The number of carbonyl (C=O) groups is 2. The number of nitrogens with zero attached hydrogens (tertiary/aromatic N) is 3. The fourth-order valence-electron chi connectivity index (χ4n) is 1.68. The van der Waals surface area contributed by atoms with E-state index >= 15 is 0 Å². The lowest BCUT2D eigenvalue weighted by molar-refractivity contribution is -0.122. The van der Waals surface area contributed by atoms with Gasteiger partial charge in [-0.05, 0) is 12.8 Å². The molecule has 0 aromatic carbocycles. The summed E-state index contributed by atoms with van der Waals surface area (Å²) < 4.78 is 1.49. The summed E-state index contributed by atoms with van der Waals surface area (Å²) in [4.78, 5) is 27.3. The minimum Gasteiger partial charge on any atom is -0.352 e. The van der Waals surface area contributed by atoms with E-state index < -0.39 is 0 Å². The predicted molar refractivity (Wildman–Crippen MR) is 73.5 cm³/mol. The molecule has 2 N–H and O–H groups in total. The zero-order valence-electron chi connectivity index (χ0n) is 10.6.